The molecule has 0 unspecified atom stereocenters. The van der Waals surface area contributed by atoms with Crippen molar-refractivity contribution in [2.24, 2.45) is 0 Å². The molecule has 0 N–H and O–H groups in total. The molecule has 0 bridgehead atoms. The Morgan fingerprint density at radius 1 is 0.318 bits per heavy atom. The first-order chi connectivity index (χ1) is 21.3. The minimum Gasteiger partial charge on any atom is -0.0622 e. The van der Waals surface area contributed by atoms with Crippen LogP contribution in [0.15, 0.2) is 133 Å². The molecule has 44 heavy (non-hydrogen) atoms. The number of benzene rings is 7. The maximum absolute atomic E-state index is 2.45. The Morgan fingerprint density at radius 2 is 0.773 bits per heavy atom. The van der Waals surface area contributed by atoms with Gasteiger partial charge in [-0.05, 0) is 107 Å². The first-order valence-corrected chi connectivity index (χ1v) is 15.8. The van der Waals surface area contributed by atoms with Crippen molar-refractivity contribution in [3.8, 4) is 44.5 Å². The molecule has 0 spiro atoms. The van der Waals surface area contributed by atoms with Crippen LogP contribution in [0.1, 0.15) is 49.9 Å². The fraction of sp³-hybridized carbons (Fsp3) is 0.136. The topological polar surface area (TPSA) is 0 Å². The molecule has 7 aromatic carbocycles. The van der Waals surface area contributed by atoms with Crippen molar-refractivity contribution >= 4 is 21.5 Å². The molecule has 0 radical (unpaired) electrons. The van der Waals surface area contributed by atoms with Gasteiger partial charge < -0.3 is 0 Å². The van der Waals surface area contributed by atoms with Gasteiger partial charge in [0.1, 0.15) is 0 Å². The number of hydrogen-bond acceptors (Lipinski definition) is 0. The third kappa shape index (κ3) is 3.40. The van der Waals surface area contributed by atoms with Crippen molar-refractivity contribution in [1.82, 2.24) is 0 Å². The summed E-state index contributed by atoms with van der Waals surface area (Å²) in [5, 5.41) is 5.43. The summed E-state index contributed by atoms with van der Waals surface area (Å²) >= 11 is 0. The molecule has 0 fully saturated rings. The quantitative estimate of drug-likeness (QED) is 0.197. The van der Waals surface area contributed by atoms with E-state index in [1.165, 1.54) is 88.3 Å². The van der Waals surface area contributed by atoms with Crippen molar-refractivity contribution in [2.45, 2.75) is 38.5 Å². The highest BCUT2D eigenvalue weighted by Crippen LogP contribution is 2.56. The van der Waals surface area contributed by atoms with Crippen molar-refractivity contribution < 1.29 is 0 Å². The molecule has 0 saturated carbocycles. The van der Waals surface area contributed by atoms with E-state index in [2.05, 4.69) is 161 Å². The third-order valence-corrected chi connectivity index (χ3v) is 10.7. The van der Waals surface area contributed by atoms with E-state index in [9.17, 15) is 0 Å². The fourth-order valence-corrected chi connectivity index (χ4v) is 8.23. The second-order valence-corrected chi connectivity index (χ2v) is 13.8. The van der Waals surface area contributed by atoms with Crippen LogP contribution < -0.4 is 0 Å². The molecule has 0 nitrogen and oxygen atoms in total. The highest BCUT2D eigenvalue weighted by atomic mass is 14.4. The summed E-state index contributed by atoms with van der Waals surface area (Å²) in [6.07, 6.45) is 0. The van der Waals surface area contributed by atoms with Gasteiger partial charge in [0.25, 0.3) is 0 Å². The van der Waals surface area contributed by atoms with Crippen LogP contribution in [0.25, 0.3) is 66.1 Å². The Kier molecular flexibility index (Phi) is 5.11. The van der Waals surface area contributed by atoms with Gasteiger partial charge in [-0.25, -0.2) is 0 Å². The van der Waals surface area contributed by atoms with Gasteiger partial charge in [0.15, 0.2) is 0 Å². The van der Waals surface area contributed by atoms with E-state index in [1.54, 1.807) is 0 Å². The molecule has 0 amide bonds. The Hall–Kier alpha value is -4.94. The molecule has 0 saturated heterocycles. The van der Waals surface area contributed by atoms with E-state index in [1.807, 2.05) is 0 Å². The van der Waals surface area contributed by atoms with E-state index >= 15 is 0 Å². The standard InChI is InChI=1S/C44H34/c1-43(2)37-22-23-38-42-36(21-20-35(41(37)42)33-18-16-31(25-39(33)43)27-10-6-5-7-11-27)34-19-17-32(26-40(34)44(38,3)4)30-15-14-28-12-8-9-13-29(28)24-30/h5-26H,1-4H3. The zero-order chi connectivity index (χ0) is 29.8. The SMILES string of the molecule is CC1(C)c2cc(-c3ccccc3)ccc2-c2ccc3c4c(ccc1c24)C(C)(C)c1cc(-c2ccc4ccccc4c2)ccc1-3. The minimum absolute atomic E-state index is 0.116. The molecular formula is C44H34. The Labute approximate surface area is 259 Å². The first-order valence-electron chi connectivity index (χ1n) is 15.8. The molecule has 0 aliphatic heterocycles. The van der Waals surface area contributed by atoms with Crippen LogP contribution >= 0.6 is 0 Å². The van der Waals surface area contributed by atoms with E-state index in [4.69, 9.17) is 0 Å². The molecular weight excluding hydrogens is 528 g/mol. The van der Waals surface area contributed by atoms with Crippen molar-refractivity contribution in [2.75, 3.05) is 0 Å². The summed E-state index contributed by atoms with van der Waals surface area (Å²) in [5.41, 5.74) is 16.0. The summed E-state index contributed by atoms with van der Waals surface area (Å²) in [4.78, 5) is 0. The second-order valence-electron chi connectivity index (χ2n) is 13.8. The molecule has 9 rings (SSSR count). The van der Waals surface area contributed by atoms with Crippen LogP contribution in [0.4, 0.5) is 0 Å². The minimum atomic E-state index is -0.131. The first kappa shape index (κ1) is 25.5. The predicted octanol–water partition coefficient (Wildman–Crippen LogP) is 11.9. The zero-order valence-corrected chi connectivity index (χ0v) is 25.7. The Bertz CT molecular complexity index is 2310. The molecule has 2 aliphatic carbocycles. The maximum atomic E-state index is 2.45. The smallest absolute Gasteiger partial charge is 0.0159 e. The normalized spacial score (nSPS) is 15.2. The average molecular weight is 563 g/mol. The summed E-state index contributed by atoms with van der Waals surface area (Å²) in [5.74, 6) is 0. The van der Waals surface area contributed by atoms with Crippen molar-refractivity contribution in [1.29, 1.82) is 0 Å². The lowest BCUT2D eigenvalue weighted by Crippen LogP contribution is -2.28. The van der Waals surface area contributed by atoms with Gasteiger partial charge in [-0.15, -0.1) is 0 Å². The van der Waals surface area contributed by atoms with Gasteiger partial charge in [-0.2, -0.15) is 0 Å². The lowest BCUT2D eigenvalue weighted by Gasteiger charge is -2.40. The second kappa shape index (κ2) is 8.80. The van der Waals surface area contributed by atoms with Crippen LogP contribution in [0.2, 0.25) is 0 Å². The van der Waals surface area contributed by atoms with E-state index in [-0.39, 0.29) is 10.8 Å². The van der Waals surface area contributed by atoms with Crippen LogP contribution in [0.3, 0.4) is 0 Å². The molecule has 0 atom stereocenters. The van der Waals surface area contributed by atoms with Gasteiger partial charge in [-0.1, -0.05) is 143 Å². The van der Waals surface area contributed by atoms with Gasteiger partial charge >= 0.3 is 0 Å². The molecule has 0 heterocycles. The lowest BCUT2D eigenvalue weighted by molar-refractivity contribution is 0.633. The Morgan fingerprint density at radius 3 is 1.36 bits per heavy atom. The highest BCUT2D eigenvalue weighted by molar-refractivity contribution is 6.13. The lowest BCUT2D eigenvalue weighted by atomic mass is 9.62. The third-order valence-electron chi connectivity index (χ3n) is 10.7. The van der Waals surface area contributed by atoms with E-state index < -0.39 is 0 Å². The zero-order valence-electron chi connectivity index (χ0n) is 25.7. The number of rotatable bonds is 2. The Balaban J connectivity index is 1.26. The molecule has 210 valence electrons. The number of fused-ring (bicyclic) bond motifs is 5. The number of hydrogen-bond donors (Lipinski definition) is 0. The van der Waals surface area contributed by atoms with Gasteiger partial charge in [0.2, 0.25) is 0 Å². The van der Waals surface area contributed by atoms with Crippen LogP contribution in [-0.4, -0.2) is 0 Å². The average Bonchev–Trinajstić information content (AvgIpc) is 3.06. The van der Waals surface area contributed by atoms with E-state index in [0.29, 0.717) is 0 Å². The van der Waals surface area contributed by atoms with Crippen LogP contribution in [0.5, 0.6) is 0 Å². The summed E-state index contributed by atoms with van der Waals surface area (Å²) in [7, 11) is 0. The van der Waals surface area contributed by atoms with Crippen molar-refractivity contribution in [3.05, 3.63) is 156 Å². The van der Waals surface area contributed by atoms with Crippen molar-refractivity contribution in [3.63, 3.8) is 0 Å². The summed E-state index contributed by atoms with van der Waals surface area (Å²) in [6.45, 7) is 9.64. The van der Waals surface area contributed by atoms with E-state index in [0.717, 1.165) is 0 Å². The van der Waals surface area contributed by atoms with Gasteiger partial charge in [0, 0.05) is 10.8 Å². The van der Waals surface area contributed by atoms with Crippen LogP contribution in [-0.2, 0) is 10.8 Å². The highest BCUT2D eigenvalue weighted by Gasteiger charge is 2.39. The molecule has 7 aromatic rings. The largest absolute Gasteiger partial charge is 0.0622 e. The summed E-state index contributed by atoms with van der Waals surface area (Å²) < 4.78 is 0. The predicted molar refractivity (Wildman–Crippen MR) is 187 cm³/mol. The van der Waals surface area contributed by atoms with Crippen LogP contribution in [0, 0.1) is 0 Å². The summed E-state index contributed by atoms with van der Waals surface area (Å²) in [6, 6.07) is 50.1. The molecule has 2 aliphatic rings. The van der Waals surface area contributed by atoms with Gasteiger partial charge in [-0.3, -0.25) is 0 Å². The maximum Gasteiger partial charge on any atom is 0.0159 e. The molecule has 0 aromatic heterocycles. The fourth-order valence-electron chi connectivity index (χ4n) is 8.23. The molecule has 0 heteroatoms. The van der Waals surface area contributed by atoms with Gasteiger partial charge in [0.05, 0.1) is 0 Å². The monoisotopic (exact) mass is 562 g/mol.